The van der Waals surface area contributed by atoms with E-state index in [-0.39, 0.29) is 19.3 Å². The summed E-state index contributed by atoms with van der Waals surface area (Å²) in [5.41, 5.74) is 2.59. The minimum absolute atomic E-state index is 0.0202. The summed E-state index contributed by atoms with van der Waals surface area (Å²) in [5.74, 6) is 1.29. The zero-order valence-corrected chi connectivity index (χ0v) is 12.0. The van der Waals surface area contributed by atoms with Crippen LogP contribution in [0.5, 0.6) is 11.5 Å². The Hall–Kier alpha value is -1.23. The molecule has 106 valence electrons. The molecule has 1 unspecified atom stereocenters. The van der Waals surface area contributed by atoms with Gasteiger partial charge in [0.1, 0.15) is 6.61 Å². The van der Waals surface area contributed by atoms with Gasteiger partial charge in [0.05, 0.1) is 13.7 Å². The standard InChI is InChI=1S/C14H20ClNO3/c1-11(16-7-3-6-15)12-4-5-13(19-9-8-17)14(10-12)18-2/h3-6,10-11,16-17H,7-9H2,1-2H3/b6-3+. The molecule has 5 heteroatoms. The van der Waals surface area contributed by atoms with Gasteiger partial charge in [-0.05, 0) is 24.6 Å². The van der Waals surface area contributed by atoms with Crippen molar-refractivity contribution in [2.24, 2.45) is 0 Å². The molecule has 1 atom stereocenters. The van der Waals surface area contributed by atoms with E-state index >= 15 is 0 Å². The summed E-state index contributed by atoms with van der Waals surface area (Å²) < 4.78 is 10.7. The highest BCUT2D eigenvalue weighted by Crippen LogP contribution is 2.30. The van der Waals surface area contributed by atoms with Crippen LogP contribution in [0.2, 0.25) is 0 Å². The first-order valence-corrected chi connectivity index (χ1v) is 6.56. The summed E-state index contributed by atoms with van der Waals surface area (Å²) in [5, 5.41) is 12.1. The van der Waals surface area contributed by atoms with Crippen molar-refractivity contribution in [1.29, 1.82) is 0 Å². The zero-order valence-electron chi connectivity index (χ0n) is 11.2. The number of methoxy groups -OCH3 is 1. The second-order valence-corrected chi connectivity index (χ2v) is 4.23. The van der Waals surface area contributed by atoms with Gasteiger partial charge in [0.2, 0.25) is 0 Å². The lowest BCUT2D eigenvalue weighted by Gasteiger charge is -2.16. The van der Waals surface area contributed by atoms with Crippen LogP contribution in [0, 0.1) is 0 Å². The van der Waals surface area contributed by atoms with Crippen LogP contribution in [0.4, 0.5) is 0 Å². The SMILES string of the molecule is COc1cc(C(C)NC/C=C/Cl)ccc1OCCO. The lowest BCUT2D eigenvalue weighted by atomic mass is 10.1. The minimum atomic E-state index is -0.0202. The van der Waals surface area contributed by atoms with E-state index in [0.29, 0.717) is 18.0 Å². The summed E-state index contributed by atoms with van der Waals surface area (Å²) in [6.07, 6.45) is 1.84. The Morgan fingerprint density at radius 1 is 1.42 bits per heavy atom. The molecule has 0 aromatic heterocycles. The van der Waals surface area contributed by atoms with Crippen molar-refractivity contribution in [3.63, 3.8) is 0 Å². The van der Waals surface area contributed by atoms with Crippen molar-refractivity contribution in [1.82, 2.24) is 5.32 Å². The molecule has 19 heavy (non-hydrogen) atoms. The van der Waals surface area contributed by atoms with Crippen molar-refractivity contribution in [3.05, 3.63) is 35.4 Å². The molecule has 0 bridgehead atoms. The van der Waals surface area contributed by atoms with E-state index in [1.54, 1.807) is 7.11 Å². The maximum atomic E-state index is 8.76. The van der Waals surface area contributed by atoms with Gasteiger partial charge in [-0.15, -0.1) is 0 Å². The van der Waals surface area contributed by atoms with Crippen LogP contribution in [0.25, 0.3) is 0 Å². The molecule has 4 nitrogen and oxygen atoms in total. The Balaban J connectivity index is 2.74. The predicted octanol–water partition coefficient (Wildman–Crippen LogP) is 2.47. The molecule has 1 aromatic rings. The Bertz CT molecular complexity index is 410. The number of benzene rings is 1. The maximum absolute atomic E-state index is 8.76. The molecule has 1 aromatic carbocycles. The molecule has 0 fully saturated rings. The lowest BCUT2D eigenvalue weighted by molar-refractivity contribution is 0.196. The van der Waals surface area contributed by atoms with Crippen LogP contribution < -0.4 is 14.8 Å². The van der Waals surface area contributed by atoms with Gasteiger partial charge in [0.15, 0.2) is 11.5 Å². The molecular formula is C14H20ClNO3. The molecule has 0 aliphatic carbocycles. The fourth-order valence-corrected chi connectivity index (χ4v) is 1.72. The molecule has 0 spiro atoms. The largest absolute Gasteiger partial charge is 0.493 e. The summed E-state index contributed by atoms with van der Waals surface area (Å²) in [6, 6.07) is 5.92. The third kappa shape index (κ3) is 5.11. The molecule has 0 radical (unpaired) electrons. The van der Waals surface area contributed by atoms with Crippen molar-refractivity contribution in [2.75, 3.05) is 26.9 Å². The minimum Gasteiger partial charge on any atom is -0.493 e. The number of ether oxygens (including phenoxy) is 2. The van der Waals surface area contributed by atoms with E-state index in [1.807, 2.05) is 24.3 Å². The van der Waals surface area contributed by atoms with E-state index < -0.39 is 0 Å². The first-order chi connectivity index (χ1) is 9.22. The van der Waals surface area contributed by atoms with Gasteiger partial charge in [-0.1, -0.05) is 23.7 Å². The molecule has 1 rings (SSSR count). The number of aliphatic hydroxyl groups is 1. The number of rotatable bonds is 8. The molecule has 0 saturated carbocycles. The number of hydrogen-bond donors (Lipinski definition) is 2. The molecule has 2 N–H and O–H groups in total. The summed E-state index contributed by atoms with van der Waals surface area (Å²) in [4.78, 5) is 0. The Morgan fingerprint density at radius 3 is 2.84 bits per heavy atom. The monoisotopic (exact) mass is 285 g/mol. The average molecular weight is 286 g/mol. The number of hydrogen-bond acceptors (Lipinski definition) is 4. The van der Waals surface area contributed by atoms with Crippen LogP contribution in [0.15, 0.2) is 29.8 Å². The van der Waals surface area contributed by atoms with Gasteiger partial charge in [-0.25, -0.2) is 0 Å². The Kier molecular flexibility index (Phi) is 7.33. The van der Waals surface area contributed by atoms with E-state index in [0.717, 1.165) is 5.56 Å². The van der Waals surface area contributed by atoms with Gasteiger partial charge in [-0.2, -0.15) is 0 Å². The van der Waals surface area contributed by atoms with Gasteiger partial charge in [0, 0.05) is 18.1 Å². The highest BCUT2D eigenvalue weighted by atomic mass is 35.5. The number of nitrogens with one attached hydrogen (secondary N) is 1. The van der Waals surface area contributed by atoms with E-state index in [4.69, 9.17) is 26.2 Å². The number of halogens is 1. The quantitative estimate of drug-likeness (QED) is 0.770. The van der Waals surface area contributed by atoms with Crippen molar-refractivity contribution in [2.45, 2.75) is 13.0 Å². The van der Waals surface area contributed by atoms with Crippen molar-refractivity contribution < 1.29 is 14.6 Å². The van der Waals surface area contributed by atoms with Crippen LogP contribution in [0.3, 0.4) is 0 Å². The fourth-order valence-electron chi connectivity index (χ4n) is 1.64. The molecular weight excluding hydrogens is 266 g/mol. The van der Waals surface area contributed by atoms with Crippen LogP contribution in [-0.4, -0.2) is 32.0 Å². The Morgan fingerprint density at radius 2 is 2.21 bits per heavy atom. The second kappa shape index (κ2) is 8.80. The summed E-state index contributed by atoms with van der Waals surface area (Å²) in [6.45, 7) is 3.00. The van der Waals surface area contributed by atoms with Gasteiger partial charge in [0.25, 0.3) is 0 Å². The fraction of sp³-hybridized carbons (Fsp3) is 0.429. The highest BCUT2D eigenvalue weighted by molar-refractivity contribution is 6.25. The van der Waals surface area contributed by atoms with Crippen molar-refractivity contribution >= 4 is 11.6 Å². The smallest absolute Gasteiger partial charge is 0.161 e. The molecule has 0 aliphatic heterocycles. The van der Waals surface area contributed by atoms with Gasteiger partial charge >= 0.3 is 0 Å². The zero-order chi connectivity index (χ0) is 14.1. The molecule has 0 aliphatic rings. The van der Waals surface area contributed by atoms with E-state index in [1.165, 1.54) is 5.54 Å². The maximum Gasteiger partial charge on any atom is 0.161 e. The van der Waals surface area contributed by atoms with Crippen LogP contribution in [-0.2, 0) is 0 Å². The third-order valence-corrected chi connectivity index (χ3v) is 2.85. The molecule has 0 amide bonds. The van der Waals surface area contributed by atoms with Crippen molar-refractivity contribution in [3.8, 4) is 11.5 Å². The Labute approximate surface area is 119 Å². The van der Waals surface area contributed by atoms with E-state index in [9.17, 15) is 0 Å². The molecule has 0 heterocycles. The second-order valence-electron chi connectivity index (χ2n) is 3.97. The average Bonchev–Trinajstić information content (AvgIpc) is 2.45. The predicted molar refractivity (Wildman–Crippen MR) is 77.0 cm³/mol. The normalized spacial score (nSPS) is 12.6. The van der Waals surface area contributed by atoms with Gasteiger partial charge in [-0.3, -0.25) is 0 Å². The lowest BCUT2D eigenvalue weighted by Crippen LogP contribution is -2.18. The number of aliphatic hydroxyl groups excluding tert-OH is 1. The first kappa shape index (κ1) is 15.8. The topological polar surface area (TPSA) is 50.7 Å². The van der Waals surface area contributed by atoms with Crippen LogP contribution >= 0.6 is 11.6 Å². The summed E-state index contributed by atoms with van der Waals surface area (Å²) in [7, 11) is 1.60. The highest BCUT2D eigenvalue weighted by Gasteiger charge is 2.09. The van der Waals surface area contributed by atoms with Gasteiger partial charge < -0.3 is 19.9 Å². The van der Waals surface area contributed by atoms with E-state index in [2.05, 4.69) is 12.2 Å². The first-order valence-electron chi connectivity index (χ1n) is 6.13. The molecule has 0 saturated heterocycles. The third-order valence-electron chi connectivity index (χ3n) is 2.67. The summed E-state index contributed by atoms with van der Waals surface area (Å²) >= 11 is 5.47. The van der Waals surface area contributed by atoms with Crippen LogP contribution in [0.1, 0.15) is 18.5 Å².